The maximum absolute atomic E-state index is 11.6. The second-order valence-corrected chi connectivity index (χ2v) is 4.96. The molecule has 1 heterocycles. The minimum absolute atomic E-state index is 0.116. The van der Waals surface area contributed by atoms with Gasteiger partial charge in [0, 0.05) is 5.69 Å². The van der Waals surface area contributed by atoms with Gasteiger partial charge in [-0.2, -0.15) is 5.26 Å². The van der Waals surface area contributed by atoms with Crippen molar-refractivity contribution in [2.75, 3.05) is 6.61 Å². The first-order chi connectivity index (χ1) is 9.60. The highest BCUT2D eigenvalue weighted by Gasteiger charge is 2.03. The van der Waals surface area contributed by atoms with Crippen molar-refractivity contribution in [1.82, 2.24) is 4.98 Å². The lowest BCUT2D eigenvalue weighted by Crippen LogP contribution is -2.10. The summed E-state index contributed by atoms with van der Waals surface area (Å²) in [6.07, 6.45) is 0. The second-order valence-electron chi connectivity index (χ2n) is 4.96. The van der Waals surface area contributed by atoms with Crippen LogP contribution in [-0.4, -0.2) is 11.6 Å². The largest absolute Gasteiger partial charge is 0.493 e. The summed E-state index contributed by atoms with van der Waals surface area (Å²) in [6, 6.07) is 12.6. The van der Waals surface area contributed by atoms with Gasteiger partial charge >= 0.3 is 0 Å². The predicted molar refractivity (Wildman–Crippen MR) is 77.5 cm³/mol. The molecule has 0 aliphatic carbocycles. The van der Waals surface area contributed by atoms with E-state index in [2.05, 4.69) is 18.8 Å². The maximum atomic E-state index is 11.6. The summed E-state index contributed by atoms with van der Waals surface area (Å²) in [5, 5.41) is 8.73. The number of aromatic amines is 1. The fourth-order valence-corrected chi connectivity index (χ4v) is 1.72. The summed E-state index contributed by atoms with van der Waals surface area (Å²) >= 11 is 0. The number of nitrogens with one attached hydrogen (secondary N) is 1. The van der Waals surface area contributed by atoms with Crippen LogP contribution in [0, 0.1) is 17.2 Å². The Morgan fingerprint density at radius 2 is 1.90 bits per heavy atom. The van der Waals surface area contributed by atoms with Crippen LogP contribution in [0.15, 0.2) is 41.2 Å². The van der Waals surface area contributed by atoms with Crippen LogP contribution in [0.2, 0.25) is 0 Å². The zero-order valence-electron chi connectivity index (χ0n) is 11.5. The molecule has 4 nitrogen and oxygen atoms in total. The Morgan fingerprint density at radius 1 is 1.20 bits per heavy atom. The lowest BCUT2D eigenvalue weighted by molar-refractivity contribution is 0.271. The van der Waals surface area contributed by atoms with Gasteiger partial charge in [0.2, 0.25) is 0 Å². The Morgan fingerprint density at radius 3 is 2.45 bits per heavy atom. The van der Waals surface area contributed by atoms with Gasteiger partial charge in [-0.3, -0.25) is 4.79 Å². The minimum atomic E-state index is -0.370. The van der Waals surface area contributed by atoms with Crippen molar-refractivity contribution in [3.8, 4) is 23.1 Å². The molecule has 4 heteroatoms. The Hall–Kier alpha value is -2.54. The first-order valence-corrected chi connectivity index (χ1v) is 6.47. The number of hydrogen-bond donors (Lipinski definition) is 1. The lowest BCUT2D eigenvalue weighted by atomic mass is 10.1. The van der Waals surface area contributed by atoms with Gasteiger partial charge in [0.1, 0.15) is 17.4 Å². The van der Waals surface area contributed by atoms with Gasteiger partial charge in [-0.15, -0.1) is 0 Å². The number of benzene rings is 1. The molecule has 1 N–H and O–H groups in total. The Balaban J connectivity index is 2.20. The van der Waals surface area contributed by atoms with Gasteiger partial charge in [-0.05, 0) is 47.9 Å². The molecule has 0 unspecified atom stereocenters. The molecule has 2 rings (SSSR count). The molecule has 0 radical (unpaired) electrons. The van der Waals surface area contributed by atoms with Crippen LogP contribution >= 0.6 is 0 Å². The van der Waals surface area contributed by atoms with Crippen LogP contribution < -0.4 is 10.3 Å². The SMILES string of the molecule is CC(C)COc1ccc(-c2ccc(C#N)c(=O)[nH]2)cc1. The van der Waals surface area contributed by atoms with E-state index in [1.807, 2.05) is 30.3 Å². The van der Waals surface area contributed by atoms with E-state index in [-0.39, 0.29) is 11.1 Å². The van der Waals surface area contributed by atoms with Crippen LogP contribution in [0.4, 0.5) is 0 Å². The fourth-order valence-electron chi connectivity index (χ4n) is 1.72. The molecule has 0 atom stereocenters. The third-order valence-electron chi connectivity index (χ3n) is 2.78. The topological polar surface area (TPSA) is 65.9 Å². The van der Waals surface area contributed by atoms with Gasteiger partial charge < -0.3 is 9.72 Å². The number of nitriles is 1. The molecule has 102 valence electrons. The number of nitrogens with zero attached hydrogens (tertiary/aromatic N) is 1. The number of ether oxygens (including phenoxy) is 1. The first kappa shape index (κ1) is 13.9. The van der Waals surface area contributed by atoms with Gasteiger partial charge in [-0.25, -0.2) is 0 Å². The molecule has 2 aromatic rings. The van der Waals surface area contributed by atoms with Crippen LogP contribution in [0.5, 0.6) is 5.75 Å². The van der Waals surface area contributed by atoms with Crippen molar-refractivity contribution in [1.29, 1.82) is 5.26 Å². The first-order valence-electron chi connectivity index (χ1n) is 6.47. The summed E-state index contributed by atoms with van der Waals surface area (Å²) < 4.78 is 5.60. The molecule has 0 aliphatic heterocycles. The average Bonchev–Trinajstić information content (AvgIpc) is 2.45. The molecule has 0 amide bonds. The predicted octanol–water partition coefficient (Wildman–Crippen LogP) is 2.95. The van der Waals surface area contributed by atoms with E-state index < -0.39 is 0 Å². The molecule has 0 saturated carbocycles. The molecular formula is C16H16N2O2. The normalized spacial score (nSPS) is 10.3. The molecule has 1 aromatic heterocycles. The lowest BCUT2D eigenvalue weighted by Gasteiger charge is -2.09. The quantitative estimate of drug-likeness (QED) is 0.927. The van der Waals surface area contributed by atoms with E-state index in [0.29, 0.717) is 18.2 Å². The zero-order valence-corrected chi connectivity index (χ0v) is 11.5. The van der Waals surface area contributed by atoms with Crippen molar-refractivity contribution in [2.45, 2.75) is 13.8 Å². The highest BCUT2D eigenvalue weighted by Crippen LogP contribution is 2.20. The molecule has 1 aromatic carbocycles. The number of pyridine rings is 1. The van der Waals surface area contributed by atoms with E-state index in [0.717, 1.165) is 11.3 Å². The summed E-state index contributed by atoms with van der Waals surface area (Å²) in [6.45, 7) is 4.86. The molecule has 0 fully saturated rings. The Kier molecular flexibility index (Phi) is 4.21. The second kappa shape index (κ2) is 6.07. The van der Waals surface area contributed by atoms with Gasteiger partial charge in [-0.1, -0.05) is 13.8 Å². The maximum Gasteiger partial charge on any atom is 0.266 e. The van der Waals surface area contributed by atoms with Crippen molar-refractivity contribution in [2.24, 2.45) is 5.92 Å². The monoisotopic (exact) mass is 268 g/mol. The van der Waals surface area contributed by atoms with Crippen molar-refractivity contribution in [3.05, 3.63) is 52.3 Å². The zero-order chi connectivity index (χ0) is 14.5. The Labute approximate surface area is 117 Å². The summed E-state index contributed by atoms with van der Waals surface area (Å²) in [5.74, 6) is 1.28. The third kappa shape index (κ3) is 3.27. The number of rotatable bonds is 4. The highest BCUT2D eigenvalue weighted by atomic mass is 16.5. The summed E-state index contributed by atoms with van der Waals surface area (Å²) in [5.41, 5.74) is 1.31. The fraction of sp³-hybridized carbons (Fsp3) is 0.250. The van der Waals surface area contributed by atoms with E-state index >= 15 is 0 Å². The van der Waals surface area contributed by atoms with Crippen molar-refractivity contribution >= 4 is 0 Å². The highest BCUT2D eigenvalue weighted by molar-refractivity contribution is 5.60. The van der Waals surface area contributed by atoms with Gasteiger partial charge in [0.05, 0.1) is 6.61 Å². The van der Waals surface area contributed by atoms with Crippen LogP contribution in [0.1, 0.15) is 19.4 Å². The van der Waals surface area contributed by atoms with Crippen molar-refractivity contribution < 1.29 is 4.74 Å². The average molecular weight is 268 g/mol. The number of hydrogen-bond acceptors (Lipinski definition) is 3. The summed E-state index contributed by atoms with van der Waals surface area (Å²) in [4.78, 5) is 14.3. The summed E-state index contributed by atoms with van der Waals surface area (Å²) in [7, 11) is 0. The number of aromatic nitrogens is 1. The van der Waals surface area contributed by atoms with E-state index in [9.17, 15) is 4.79 Å². The van der Waals surface area contributed by atoms with Gasteiger partial charge in [0.15, 0.2) is 0 Å². The molecule has 0 spiro atoms. The molecule has 0 saturated heterocycles. The smallest absolute Gasteiger partial charge is 0.266 e. The standard InChI is InChI=1S/C16H16N2O2/c1-11(2)10-20-14-6-3-12(4-7-14)15-8-5-13(9-17)16(19)18-15/h3-8,11H,10H2,1-2H3,(H,18,19). The minimum Gasteiger partial charge on any atom is -0.493 e. The molecular weight excluding hydrogens is 252 g/mol. The van der Waals surface area contributed by atoms with Crippen LogP contribution in [0.25, 0.3) is 11.3 Å². The molecule has 20 heavy (non-hydrogen) atoms. The molecule has 0 aliphatic rings. The van der Waals surface area contributed by atoms with Crippen LogP contribution in [0.3, 0.4) is 0 Å². The molecule has 0 bridgehead atoms. The van der Waals surface area contributed by atoms with E-state index in [1.165, 1.54) is 6.07 Å². The number of H-pyrrole nitrogens is 1. The Bertz CT molecular complexity index is 679. The third-order valence-corrected chi connectivity index (χ3v) is 2.78. The van der Waals surface area contributed by atoms with Gasteiger partial charge in [0.25, 0.3) is 5.56 Å². The van der Waals surface area contributed by atoms with E-state index in [4.69, 9.17) is 10.00 Å². The van der Waals surface area contributed by atoms with E-state index in [1.54, 1.807) is 6.07 Å². The van der Waals surface area contributed by atoms with Crippen molar-refractivity contribution in [3.63, 3.8) is 0 Å². The van der Waals surface area contributed by atoms with Crippen LogP contribution in [-0.2, 0) is 0 Å².